The molecule has 2 N–H and O–H groups in total. The first kappa shape index (κ1) is 11.0. The smallest absolute Gasteiger partial charge is 0.0587 e. The molecule has 1 aliphatic carbocycles. The van der Waals surface area contributed by atoms with Crippen molar-refractivity contribution >= 4 is 0 Å². The van der Waals surface area contributed by atoms with Crippen LogP contribution >= 0.6 is 0 Å². The first-order valence-corrected chi connectivity index (χ1v) is 5.62. The fraction of sp³-hybridized carbons (Fsp3) is 1.00. The summed E-state index contributed by atoms with van der Waals surface area (Å²) in [5, 5.41) is 12.6. The first-order chi connectivity index (χ1) is 6.27. The highest BCUT2D eigenvalue weighted by molar-refractivity contribution is 4.80. The van der Waals surface area contributed by atoms with E-state index < -0.39 is 0 Å². The Balaban J connectivity index is 2.32. The van der Waals surface area contributed by atoms with Crippen molar-refractivity contribution in [3.8, 4) is 0 Å². The Hall–Kier alpha value is -0.0800. The number of hydrogen-bond donors (Lipinski definition) is 2. The van der Waals surface area contributed by atoms with Crippen LogP contribution in [-0.2, 0) is 0 Å². The lowest BCUT2D eigenvalue weighted by molar-refractivity contribution is 0.159. The summed E-state index contributed by atoms with van der Waals surface area (Å²) in [6, 6.07) is 0.345. The standard InChI is InChI=1S/C11H23NO/c1-3-12-11(8-13)10-6-4-9(2)5-7-10/h9-13H,3-8H2,1-2H3. The van der Waals surface area contributed by atoms with Gasteiger partial charge in [0.2, 0.25) is 0 Å². The minimum atomic E-state index is 0.298. The van der Waals surface area contributed by atoms with Crippen molar-refractivity contribution in [3.63, 3.8) is 0 Å². The Bertz CT molecular complexity index is 130. The van der Waals surface area contributed by atoms with E-state index in [-0.39, 0.29) is 0 Å². The molecule has 13 heavy (non-hydrogen) atoms. The molecule has 0 amide bonds. The zero-order chi connectivity index (χ0) is 9.68. The van der Waals surface area contributed by atoms with Crippen molar-refractivity contribution in [1.29, 1.82) is 0 Å². The van der Waals surface area contributed by atoms with Crippen molar-refractivity contribution in [3.05, 3.63) is 0 Å². The molecule has 2 nitrogen and oxygen atoms in total. The van der Waals surface area contributed by atoms with E-state index in [1.54, 1.807) is 0 Å². The van der Waals surface area contributed by atoms with Gasteiger partial charge in [0.1, 0.15) is 0 Å². The molecule has 0 bridgehead atoms. The third-order valence-corrected chi connectivity index (χ3v) is 3.29. The van der Waals surface area contributed by atoms with E-state index in [1.165, 1.54) is 25.7 Å². The highest BCUT2D eigenvalue weighted by Gasteiger charge is 2.24. The van der Waals surface area contributed by atoms with Crippen LogP contribution in [-0.4, -0.2) is 24.3 Å². The molecule has 1 saturated carbocycles. The van der Waals surface area contributed by atoms with Crippen molar-refractivity contribution < 1.29 is 5.11 Å². The number of likely N-dealkylation sites (N-methyl/N-ethyl adjacent to an activating group) is 1. The van der Waals surface area contributed by atoms with Gasteiger partial charge in [0.05, 0.1) is 6.61 Å². The maximum absolute atomic E-state index is 9.21. The number of hydrogen-bond acceptors (Lipinski definition) is 2. The number of nitrogens with one attached hydrogen (secondary N) is 1. The Kier molecular flexibility index (Phi) is 4.74. The van der Waals surface area contributed by atoms with E-state index in [4.69, 9.17) is 0 Å². The lowest BCUT2D eigenvalue weighted by Gasteiger charge is -2.32. The molecule has 0 saturated heterocycles. The lowest BCUT2D eigenvalue weighted by Crippen LogP contribution is -2.40. The average Bonchev–Trinajstić information content (AvgIpc) is 2.16. The van der Waals surface area contributed by atoms with Gasteiger partial charge >= 0.3 is 0 Å². The van der Waals surface area contributed by atoms with Gasteiger partial charge in [0.15, 0.2) is 0 Å². The van der Waals surface area contributed by atoms with Crippen LogP contribution in [0.2, 0.25) is 0 Å². The van der Waals surface area contributed by atoms with Gasteiger partial charge in [-0.1, -0.05) is 26.7 Å². The predicted molar refractivity (Wildman–Crippen MR) is 55.7 cm³/mol. The fourth-order valence-corrected chi connectivity index (χ4v) is 2.33. The molecule has 0 aromatic rings. The predicted octanol–water partition coefficient (Wildman–Crippen LogP) is 1.78. The summed E-state index contributed by atoms with van der Waals surface area (Å²) in [6.07, 6.45) is 5.26. The number of aliphatic hydroxyl groups is 1. The zero-order valence-electron chi connectivity index (χ0n) is 8.92. The summed E-state index contributed by atoms with van der Waals surface area (Å²) in [6.45, 7) is 5.70. The second-order valence-corrected chi connectivity index (χ2v) is 4.37. The second kappa shape index (κ2) is 5.61. The normalized spacial score (nSPS) is 31.6. The van der Waals surface area contributed by atoms with E-state index in [1.807, 2.05) is 0 Å². The third kappa shape index (κ3) is 3.28. The van der Waals surface area contributed by atoms with Gasteiger partial charge in [-0.25, -0.2) is 0 Å². The van der Waals surface area contributed by atoms with Crippen molar-refractivity contribution in [2.75, 3.05) is 13.2 Å². The lowest BCUT2D eigenvalue weighted by atomic mass is 9.79. The molecule has 0 spiro atoms. The van der Waals surface area contributed by atoms with Gasteiger partial charge in [-0.2, -0.15) is 0 Å². The zero-order valence-corrected chi connectivity index (χ0v) is 8.92. The third-order valence-electron chi connectivity index (χ3n) is 3.29. The summed E-state index contributed by atoms with van der Waals surface area (Å²) in [5.41, 5.74) is 0. The average molecular weight is 185 g/mol. The maximum Gasteiger partial charge on any atom is 0.0587 e. The topological polar surface area (TPSA) is 32.3 Å². The molecule has 1 atom stereocenters. The van der Waals surface area contributed by atoms with Gasteiger partial charge < -0.3 is 10.4 Å². The van der Waals surface area contributed by atoms with Crippen LogP contribution in [0.1, 0.15) is 39.5 Å². The van der Waals surface area contributed by atoms with Gasteiger partial charge in [0.25, 0.3) is 0 Å². The van der Waals surface area contributed by atoms with Gasteiger partial charge in [-0.15, -0.1) is 0 Å². The monoisotopic (exact) mass is 185 g/mol. The Labute approximate surface area is 81.7 Å². The van der Waals surface area contributed by atoms with Crippen LogP contribution in [0.4, 0.5) is 0 Å². The van der Waals surface area contributed by atoms with E-state index in [2.05, 4.69) is 19.2 Å². The molecular formula is C11H23NO. The molecule has 0 radical (unpaired) electrons. The Morgan fingerprint density at radius 3 is 2.38 bits per heavy atom. The summed E-state index contributed by atoms with van der Waals surface area (Å²) in [4.78, 5) is 0. The maximum atomic E-state index is 9.21. The largest absolute Gasteiger partial charge is 0.395 e. The van der Waals surface area contributed by atoms with Crippen LogP contribution in [0.25, 0.3) is 0 Å². The molecule has 0 aromatic carbocycles. The van der Waals surface area contributed by atoms with Crippen LogP contribution in [0.15, 0.2) is 0 Å². The Morgan fingerprint density at radius 2 is 1.92 bits per heavy atom. The summed E-state index contributed by atoms with van der Waals surface area (Å²) < 4.78 is 0. The molecule has 78 valence electrons. The van der Waals surface area contributed by atoms with Crippen molar-refractivity contribution in [2.24, 2.45) is 11.8 Å². The van der Waals surface area contributed by atoms with Gasteiger partial charge in [-0.05, 0) is 31.2 Å². The summed E-state index contributed by atoms with van der Waals surface area (Å²) in [7, 11) is 0. The fourth-order valence-electron chi connectivity index (χ4n) is 2.33. The molecule has 1 rings (SSSR count). The minimum absolute atomic E-state index is 0.298. The van der Waals surface area contributed by atoms with Crippen molar-refractivity contribution in [1.82, 2.24) is 5.32 Å². The van der Waals surface area contributed by atoms with Crippen LogP contribution in [0, 0.1) is 11.8 Å². The van der Waals surface area contributed by atoms with Gasteiger partial charge in [0, 0.05) is 6.04 Å². The molecule has 2 heteroatoms. The minimum Gasteiger partial charge on any atom is -0.395 e. The SMILES string of the molecule is CCNC(CO)C1CCC(C)CC1. The molecule has 1 aliphatic rings. The van der Waals surface area contributed by atoms with Crippen LogP contribution in [0.5, 0.6) is 0 Å². The number of aliphatic hydroxyl groups excluding tert-OH is 1. The van der Waals surface area contributed by atoms with E-state index in [0.29, 0.717) is 18.6 Å². The molecule has 0 aromatic heterocycles. The van der Waals surface area contributed by atoms with E-state index >= 15 is 0 Å². The summed E-state index contributed by atoms with van der Waals surface area (Å²) in [5.74, 6) is 1.61. The Morgan fingerprint density at radius 1 is 1.31 bits per heavy atom. The van der Waals surface area contributed by atoms with Crippen LogP contribution in [0.3, 0.4) is 0 Å². The van der Waals surface area contributed by atoms with Crippen molar-refractivity contribution in [2.45, 2.75) is 45.6 Å². The first-order valence-electron chi connectivity index (χ1n) is 5.62. The number of rotatable bonds is 4. The molecular weight excluding hydrogens is 162 g/mol. The highest BCUT2D eigenvalue weighted by atomic mass is 16.3. The molecule has 1 unspecified atom stereocenters. The van der Waals surface area contributed by atoms with Gasteiger partial charge in [-0.3, -0.25) is 0 Å². The molecule has 0 heterocycles. The van der Waals surface area contributed by atoms with E-state index in [9.17, 15) is 5.11 Å². The molecule has 0 aliphatic heterocycles. The van der Waals surface area contributed by atoms with Crippen LogP contribution < -0.4 is 5.32 Å². The molecule has 1 fully saturated rings. The quantitative estimate of drug-likeness (QED) is 0.700. The summed E-state index contributed by atoms with van der Waals surface area (Å²) >= 11 is 0. The highest BCUT2D eigenvalue weighted by Crippen LogP contribution is 2.30. The van der Waals surface area contributed by atoms with E-state index in [0.717, 1.165) is 12.5 Å². The second-order valence-electron chi connectivity index (χ2n) is 4.37.